The van der Waals surface area contributed by atoms with Crippen LogP contribution in [0.15, 0.2) is 27.8 Å². The van der Waals surface area contributed by atoms with E-state index in [1.165, 1.54) is 0 Å². The molecule has 3 rings (SSSR count). The molecule has 128 valence electrons. The number of carbonyl (C=O) groups excluding carboxylic acids is 1. The molecule has 0 spiro atoms. The maximum Gasteiger partial charge on any atom is 0.328 e. The first-order chi connectivity index (χ1) is 11.5. The van der Waals surface area contributed by atoms with Crippen LogP contribution in [0.3, 0.4) is 0 Å². The van der Waals surface area contributed by atoms with Gasteiger partial charge < -0.3 is 15.6 Å². The summed E-state index contributed by atoms with van der Waals surface area (Å²) in [5, 5.41) is 0.412. The van der Waals surface area contributed by atoms with Gasteiger partial charge in [-0.05, 0) is 50.4 Å². The van der Waals surface area contributed by atoms with Crippen LogP contribution >= 0.6 is 0 Å². The quantitative estimate of drug-likeness (QED) is 0.856. The number of fused-ring (bicyclic) bond motifs is 1. The molecule has 1 amide bonds. The van der Waals surface area contributed by atoms with Crippen LogP contribution < -0.4 is 17.0 Å². The van der Waals surface area contributed by atoms with Gasteiger partial charge in [-0.2, -0.15) is 0 Å². The summed E-state index contributed by atoms with van der Waals surface area (Å²) in [7, 11) is 0. The Morgan fingerprint density at radius 1 is 1.29 bits per heavy atom. The molecule has 7 heteroatoms. The SMILES string of the molecule is CCn1c(=O)[nH]c2cc(C(=O)N3CCC(CN)CC3)ccc2c1=O. The maximum absolute atomic E-state index is 12.7. The molecule has 1 aliphatic heterocycles. The number of aromatic amines is 1. The lowest BCUT2D eigenvalue weighted by molar-refractivity contribution is 0.0693. The molecule has 1 saturated heterocycles. The van der Waals surface area contributed by atoms with Gasteiger partial charge in [0.1, 0.15) is 0 Å². The van der Waals surface area contributed by atoms with Gasteiger partial charge in [0, 0.05) is 25.2 Å². The number of hydrogen-bond donors (Lipinski definition) is 2. The van der Waals surface area contributed by atoms with E-state index in [2.05, 4.69) is 4.98 Å². The van der Waals surface area contributed by atoms with Crippen LogP contribution in [0.25, 0.3) is 10.9 Å². The average molecular weight is 330 g/mol. The molecule has 3 N–H and O–H groups in total. The highest BCUT2D eigenvalue weighted by atomic mass is 16.2. The highest BCUT2D eigenvalue weighted by Gasteiger charge is 2.23. The maximum atomic E-state index is 12.7. The first-order valence-electron chi connectivity index (χ1n) is 8.31. The molecular formula is C17H22N4O3. The van der Waals surface area contributed by atoms with Gasteiger partial charge in [0.25, 0.3) is 11.5 Å². The summed E-state index contributed by atoms with van der Waals surface area (Å²) in [6.45, 7) is 4.08. The Kier molecular flexibility index (Phi) is 4.53. The first kappa shape index (κ1) is 16.4. The fourth-order valence-corrected chi connectivity index (χ4v) is 3.23. The van der Waals surface area contributed by atoms with E-state index in [1.54, 1.807) is 30.0 Å². The zero-order valence-corrected chi connectivity index (χ0v) is 13.7. The molecule has 1 aliphatic rings. The number of hydrogen-bond acceptors (Lipinski definition) is 4. The Morgan fingerprint density at radius 2 is 2.00 bits per heavy atom. The molecule has 0 unspecified atom stereocenters. The molecule has 0 aliphatic carbocycles. The van der Waals surface area contributed by atoms with Crippen molar-refractivity contribution in [2.24, 2.45) is 11.7 Å². The molecular weight excluding hydrogens is 308 g/mol. The van der Waals surface area contributed by atoms with Crippen molar-refractivity contribution in [2.75, 3.05) is 19.6 Å². The lowest BCUT2D eigenvalue weighted by atomic mass is 9.96. The van der Waals surface area contributed by atoms with Gasteiger partial charge in [-0.3, -0.25) is 14.2 Å². The van der Waals surface area contributed by atoms with Gasteiger partial charge in [0.15, 0.2) is 0 Å². The highest BCUT2D eigenvalue weighted by Crippen LogP contribution is 2.19. The van der Waals surface area contributed by atoms with E-state index in [9.17, 15) is 14.4 Å². The van der Waals surface area contributed by atoms with Crippen molar-refractivity contribution in [1.82, 2.24) is 14.5 Å². The minimum absolute atomic E-state index is 0.0760. The number of amides is 1. The third-order valence-electron chi connectivity index (χ3n) is 4.78. The molecule has 7 nitrogen and oxygen atoms in total. The second-order valence-corrected chi connectivity index (χ2v) is 6.21. The number of carbonyl (C=O) groups is 1. The van der Waals surface area contributed by atoms with E-state index in [0.717, 1.165) is 17.4 Å². The third kappa shape index (κ3) is 2.87. The fraction of sp³-hybridized carbons (Fsp3) is 0.471. The molecule has 24 heavy (non-hydrogen) atoms. The molecule has 0 atom stereocenters. The summed E-state index contributed by atoms with van der Waals surface area (Å²) < 4.78 is 1.14. The van der Waals surface area contributed by atoms with Crippen molar-refractivity contribution in [3.8, 4) is 0 Å². The predicted octanol–water partition coefficient (Wildman–Crippen LogP) is 0.521. The van der Waals surface area contributed by atoms with Crippen molar-refractivity contribution in [1.29, 1.82) is 0 Å². The summed E-state index contributed by atoms with van der Waals surface area (Å²) in [6, 6.07) is 4.86. The van der Waals surface area contributed by atoms with Gasteiger partial charge in [0.05, 0.1) is 10.9 Å². The van der Waals surface area contributed by atoms with E-state index in [0.29, 0.717) is 48.6 Å². The van der Waals surface area contributed by atoms with Crippen LogP contribution in [0.2, 0.25) is 0 Å². The molecule has 0 saturated carbocycles. The van der Waals surface area contributed by atoms with Crippen LogP contribution in [0, 0.1) is 5.92 Å². The first-order valence-corrected chi connectivity index (χ1v) is 8.31. The zero-order chi connectivity index (χ0) is 17.3. The second-order valence-electron chi connectivity index (χ2n) is 6.21. The Balaban J connectivity index is 1.92. The Labute approximate surface area is 139 Å². The van der Waals surface area contributed by atoms with Crippen LogP contribution in [-0.2, 0) is 6.54 Å². The number of nitrogens with zero attached hydrogens (tertiary/aromatic N) is 2. The molecule has 0 radical (unpaired) electrons. The highest BCUT2D eigenvalue weighted by molar-refractivity contribution is 5.97. The van der Waals surface area contributed by atoms with Crippen LogP contribution in [-0.4, -0.2) is 40.0 Å². The molecule has 1 aromatic heterocycles. The lowest BCUT2D eigenvalue weighted by Crippen LogP contribution is -2.40. The second kappa shape index (κ2) is 6.60. The minimum Gasteiger partial charge on any atom is -0.339 e. The normalized spacial score (nSPS) is 15.8. The van der Waals surface area contributed by atoms with E-state index in [1.807, 2.05) is 0 Å². The van der Waals surface area contributed by atoms with E-state index in [4.69, 9.17) is 5.73 Å². The lowest BCUT2D eigenvalue weighted by Gasteiger charge is -2.31. The Hall–Kier alpha value is -2.41. The monoisotopic (exact) mass is 330 g/mol. The average Bonchev–Trinajstić information content (AvgIpc) is 2.61. The van der Waals surface area contributed by atoms with Crippen molar-refractivity contribution >= 4 is 16.8 Å². The number of rotatable bonds is 3. The van der Waals surface area contributed by atoms with E-state index in [-0.39, 0.29) is 11.5 Å². The number of H-pyrrole nitrogens is 1. The van der Waals surface area contributed by atoms with Crippen LogP contribution in [0.1, 0.15) is 30.1 Å². The summed E-state index contributed by atoms with van der Waals surface area (Å²) in [6.07, 6.45) is 1.82. The Morgan fingerprint density at radius 3 is 2.62 bits per heavy atom. The van der Waals surface area contributed by atoms with Gasteiger partial charge in [-0.1, -0.05) is 0 Å². The number of nitrogens with two attached hydrogens (primary N) is 1. The van der Waals surface area contributed by atoms with Crippen LogP contribution in [0.5, 0.6) is 0 Å². The van der Waals surface area contributed by atoms with E-state index < -0.39 is 5.69 Å². The summed E-state index contributed by atoms with van der Waals surface area (Å²) in [5.74, 6) is 0.405. The van der Waals surface area contributed by atoms with Crippen molar-refractivity contribution in [2.45, 2.75) is 26.3 Å². The van der Waals surface area contributed by atoms with Crippen molar-refractivity contribution in [3.05, 3.63) is 44.6 Å². The molecule has 2 aromatic rings. The fourth-order valence-electron chi connectivity index (χ4n) is 3.23. The summed E-state index contributed by atoms with van der Waals surface area (Å²) in [4.78, 5) is 41.3. The van der Waals surface area contributed by atoms with Crippen molar-refractivity contribution < 1.29 is 4.79 Å². The zero-order valence-electron chi connectivity index (χ0n) is 13.7. The number of likely N-dealkylation sites (tertiary alicyclic amines) is 1. The summed E-state index contributed by atoms with van der Waals surface area (Å²) in [5.41, 5.74) is 5.78. The molecule has 1 aromatic carbocycles. The van der Waals surface area contributed by atoms with Crippen LogP contribution in [0.4, 0.5) is 0 Å². The number of aromatic nitrogens is 2. The molecule has 2 heterocycles. The standard InChI is InChI=1S/C17H22N4O3/c1-2-21-16(23)13-4-3-12(9-14(13)19-17(21)24)15(22)20-7-5-11(10-18)6-8-20/h3-4,9,11H,2,5-8,10,18H2,1H3,(H,19,24). The largest absolute Gasteiger partial charge is 0.339 e. The number of piperidine rings is 1. The van der Waals surface area contributed by atoms with Gasteiger partial charge in [-0.15, -0.1) is 0 Å². The van der Waals surface area contributed by atoms with Gasteiger partial charge >= 0.3 is 5.69 Å². The Bertz CT molecular complexity index is 876. The smallest absolute Gasteiger partial charge is 0.328 e. The number of benzene rings is 1. The number of nitrogens with one attached hydrogen (secondary N) is 1. The van der Waals surface area contributed by atoms with Crippen molar-refractivity contribution in [3.63, 3.8) is 0 Å². The minimum atomic E-state index is -0.455. The van der Waals surface area contributed by atoms with E-state index >= 15 is 0 Å². The van der Waals surface area contributed by atoms with Gasteiger partial charge in [-0.25, -0.2) is 4.79 Å². The molecule has 1 fully saturated rings. The third-order valence-corrected chi connectivity index (χ3v) is 4.78. The molecule has 0 bridgehead atoms. The van der Waals surface area contributed by atoms with Gasteiger partial charge in [0.2, 0.25) is 0 Å². The summed E-state index contributed by atoms with van der Waals surface area (Å²) >= 11 is 0. The predicted molar refractivity (Wildman–Crippen MR) is 92.2 cm³/mol. The topological polar surface area (TPSA) is 101 Å².